The van der Waals surface area contributed by atoms with Gasteiger partial charge in [0.2, 0.25) is 0 Å². The summed E-state index contributed by atoms with van der Waals surface area (Å²) in [5, 5.41) is 12.4. The Morgan fingerprint density at radius 1 is 1.69 bits per heavy atom. The van der Waals surface area contributed by atoms with Crippen molar-refractivity contribution in [3.05, 3.63) is 11.6 Å². The van der Waals surface area contributed by atoms with Crippen molar-refractivity contribution in [3.8, 4) is 0 Å². The van der Waals surface area contributed by atoms with Crippen LogP contribution in [-0.4, -0.2) is 23.7 Å². The molecule has 2 N–H and O–H groups in total. The summed E-state index contributed by atoms with van der Waals surface area (Å²) in [6, 6.07) is -0.383. The summed E-state index contributed by atoms with van der Waals surface area (Å²) in [5.74, 6) is 0.0356. The van der Waals surface area contributed by atoms with Crippen molar-refractivity contribution < 1.29 is 9.90 Å². The molecule has 3 atom stereocenters. The van der Waals surface area contributed by atoms with Crippen LogP contribution in [0, 0.1) is 11.8 Å². The van der Waals surface area contributed by atoms with Crippen LogP contribution in [0.1, 0.15) is 40.0 Å². The Bertz CT molecular complexity index is 273. The Kier molecular flexibility index (Phi) is 5.00. The number of rotatable bonds is 5. The lowest BCUT2D eigenvalue weighted by Crippen LogP contribution is -2.44. The highest BCUT2D eigenvalue weighted by atomic mass is 16.4. The zero-order valence-electron chi connectivity index (χ0n) is 10.5. The minimum Gasteiger partial charge on any atom is -0.480 e. The summed E-state index contributed by atoms with van der Waals surface area (Å²) in [6.07, 6.45) is 5.12. The summed E-state index contributed by atoms with van der Waals surface area (Å²) in [7, 11) is 0. The largest absolute Gasteiger partial charge is 0.480 e. The van der Waals surface area contributed by atoms with Gasteiger partial charge < -0.3 is 10.4 Å². The molecule has 0 aromatic carbocycles. The molecule has 16 heavy (non-hydrogen) atoms. The second-order valence-corrected chi connectivity index (χ2v) is 4.96. The van der Waals surface area contributed by atoms with E-state index in [1.807, 2.05) is 0 Å². The Balaban J connectivity index is 2.64. The zero-order valence-corrected chi connectivity index (χ0v) is 10.5. The second-order valence-electron chi connectivity index (χ2n) is 4.96. The molecule has 3 nitrogen and oxygen atoms in total. The number of hydrogen-bond donors (Lipinski definition) is 2. The lowest BCUT2D eigenvalue weighted by Gasteiger charge is -2.30. The maximum absolute atomic E-state index is 11.2. The van der Waals surface area contributed by atoms with Crippen molar-refractivity contribution in [1.29, 1.82) is 0 Å². The number of carboxylic acids is 1. The Morgan fingerprint density at radius 3 is 2.88 bits per heavy atom. The minimum atomic E-state index is -0.708. The molecule has 1 aliphatic rings. The van der Waals surface area contributed by atoms with Crippen molar-refractivity contribution in [1.82, 2.24) is 5.32 Å². The van der Waals surface area contributed by atoms with Gasteiger partial charge in [-0.15, -0.1) is 0 Å². The molecular weight excluding hydrogens is 202 g/mol. The fourth-order valence-electron chi connectivity index (χ4n) is 2.61. The van der Waals surface area contributed by atoms with E-state index in [9.17, 15) is 9.90 Å². The Labute approximate surface area is 97.9 Å². The molecule has 0 aromatic rings. The third-order valence-corrected chi connectivity index (χ3v) is 3.18. The lowest BCUT2D eigenvalue weighted by molar-refractivity contribution is -0.141. The van der Waals surface area contributed by atoms with E-state index in [1.165, 1.54) is 5.57 Å². The number of carboxylic acid groups (broad SMARTS) is 1. The molecule has 0 bridgehead atoms. The van der Waals surface area contributed by atoms with Gasteiger partial charge >= 0.3 is 5.97 Å². The summed E-state index contributed by atoms with van der Waals surface area (Å²) >= 11 is 0. The number of allylic oxidation sites excluding steroid dienone is 2. The highest BCUT2D eigenvalue weighted by Crippen LogP contribution is 2.30. The molecule has 0 saturated carbocycles. The maximum Gasteiger partial charge on any atom is 0.320 e. The fourth-order valence-corrected chi connectivity index (χ4v) is 2.61. The van der Waals surface area contributed by atoms with Gasteiger partial charge in [-0.25, -0.2) is 0 Å². The topological polar surface area (TPSA) is 49.3 Å². The van der Waals surface area contributed by atoms with Gasteiger partial charge in [0.15, 0.2) is 0 Å². The molecule has 3 unspecified atom stereocenters. The Morgan fingerprint density at radius 2 is 2.38 bits per heavy atom. The van der Waals surface area contributed by atoms with E-state index in [0.29, 0.717) is 5.92 Å². The van der Waals surface area contributed by atoms with Crippen molar-refractivity contribution in [2.45, 2.75) is 46.1 Å². The molecule has 0 heterocycles. The van der Waals surface area contributed by atoms with E-state index in [0.717, 1.165) is 25.8 Å². The van der Waals surface area contributed by atoms with Crippen LogP contribution >= 0.6 is 0 Å². The first-order valence-electron chi connectivity index (χ1n) is 6.18. The molecule has 0 fully saturated rings. The predicted molar refractivity (Wildman–Crippen MR) is 65.4 cm³/mol. The fraction of sp³-hybridized carbons (Fsp3) is 0.769. The zero-order chi connectivity index (χ0) is 12.1. The van der Waals surface area contributed by atoms with Crippen LogP contribution in [0.5, 0.6) is 0 Å². The van der Waals surface area contributed by atoms with E-state index in [-0.39, 0.29) is 12.0 Å². The van der Waals surface area contributed by atoms with Crippen LogP contribution in [0.4, 0.5) is 0 Å². The molecule has 0 aromatic heterocycles. The molecule has 0 amide bonds. The molecule has 0 radical (unpaired) electrons. The van der Waals surface area contributed by atoms with Crippen molar-refractivity contribution >= 4 is 5.97 Å². The Hall–Kier alpha value is -0.830. The van der Waals surface area contributed by atoms with Gasteiger partial charge in [0.25, 0.3) is 0 Å². The monoisotopic (exact) mass is 225 g/mol. The summed E-state index contributed by atoms with van der Waals surface area (Å²) in [4.78, 5) is 11.2. The van der Waals surface area contributed by atoms with Gasteiger partial charge in [-0.05, 0) is 44.6 Å². The third-order valence-electron chi connectivity index (χ3n) is 3.18. The normalized spacial score (nSPS) is 27.3. The van der Waals surface area contributed by atoms with E-state index >= 15 is 0 Å². The second kappa shape index (κ2) is 6.04. The summed E-state index contributed by atoms with van der Waals surface area (Å²) < 4.78 is 0. The van der Waals surface area contributed by atoms with Crippen molar-refractivity contribution in [3.63, 3.8) is 0 Å². The first-order valence-corrected chi connectivity index (χ1v) is 6.18. The van der Waals surface area contributed by atoms with Crippen LogP contribution in [0.15, 0.2) is 11.6 Å². The van der Waals surface area contributed by atoms with Crippen LogP contribution in [0.2, 0.25) is 0 Å². The molecule has 92 valence electrons. The van der Waals surface area contributed by atoms with E-state index in [2.05, 4.69) is 32.2 Å². The first kappa shape index (κ1) is 13.2. The lowest BCUT2D eigenvalue weighted by atomic mass is 9.79. The molecule has 3 heteroatoms. The van der Waals surface area contributed by atoms with Gasteiger partial charge in [0.1, 0.15) is 6.04 Å². The summed E-state index contributed by atoms with van der Waals surface area (Å²) in [6.45, 7) is 7.10. The van der Waals surface area contributed by atoms with Crippen LogP contribution < -0.4 is 5.32 Å². The maximum atomic E-state index is 11.2. The first-order chi connectivity index (χ1) is 7.54. The predicted octanol–water partition coefficient (Wildman–Crippen LogP) is 2.43. The molecular formula is C13H23NO2. The molecule has 0 spiro atoms. The third kappa shape index (κ3) is 3.63. The molecule has 1 rings (SSSR count). The van der Waals surface area contributed by atoms with E-state index in [1.54, 1.807) is 0 Å². The average Bonchev–Trinajstić information content (AvgIpc) is 2.16. The van der Waals surface area contributed by atoms with Gasteiger partial charge in [0, 0.05) is 0 Å². The molecule has 0 saturated heterocycles. The smallest absolute Gasteiger partial charge is 0.320 e. The van der Waals surface area contributed by atoms with Crippen molar-refractivity contribution in [2.75, 3.05) is 6.54 Å². The molecule has 0 aliphatic heterocycles. The van der Waals surface area contributed by atoms with Gasteiger partial charge in [-0.2, -0.15) is 0 Å². The van der Waals surface area contributed by atoms with Crippen LogP contribution in [0.25, 0.3) is 0 Å². The number of carbonyl (C=O) groups is 1. The van der Waals surface area contributed by atoms with Crippen molar-refractivity contribution in [2.24, 2.45) is 11.8 Å². The number of nitrogens with one attached hydrogen (secondary N) is 1. The number of hydrogen-bond acceptors (Lipinski definition) is 2. The van der Waals surface area contributed by atoms with Crippen LogP contribution in [0.3, 0.4) is 0 Å². The van der Waals surface area contributed by atoms with Gasteiger partial charge in [0.05, 0.1) is 0 Å². The van der Waals surface area contributed by atoms with E-state index in [4.69, 9.17) is 0 Å². The van der Waals surface area contributed by atoms with Gasteiger partial charge in [-0.1, -0.05) is 25.5 Å². The van der Waals surface area contributed by atoms with Crippen LogP contribution in [-0.2, 0) is 4.79 Å². The van der Waals surface area contributed by atoms with Gasteiger partial charge in [-0.3, -0.25) is 4.79 Å². The highest BCUT2D eigenvalue weighted by Gasteiger charge is 2.30. The average molecular weight is 225 g/mol. The minimum absolute atomic E-state index is 0.240. The molecule has 1 aliphatic carbocycles. The standard InChI is InChI=1S/C13H23NO2/c1-4-5-14-12(13(15)16)11-7-9(2)6-10(3)8-11/h6,9,11-12,14H,4-5,7-8H2,1-3H3,(H,15,16). The number of aliphatic carboxylic acids is 1. The van der Waals surface area contributed by atoms with E-state index < -0.39 is 5.97 Å². The SMILES string of the molecule is CCCNC(C(=O)O)C1CC(C)=CC(C)C1. The highest BCUT2D eigenvalue weighted by molar-refractivity contribution is 5.74. The summed E-state index contributed by atoms with van der Waals surface area (Å²) in [5.41, 5.74) is 1.33. The quantitative estimate of drug-likeness (QED) is 0.706.